The fourth-order valence-electron chi connectivity index (χ4n) is 1.94. The maximum Gasteiger partial charge on any atom is 0.264 e. The van der Waals surface area contributed by atoms with E-state index in [1.807, 2.05) is 0 Å². The molecule has 1 rings (SSSR count). The van der Waals surface area contributed by atoms with Gasteiger partial charge in [0, 0.05) is 11.0 Å². The maximum atomic E-state index is 13.3. The Labute approximate surface area is 109 Å². The van der Waals surface area contributed by atoms with Crippen LogP contribution in [0.25, 0.3) is 0 Å². The first-order valence-electron chi connectivity index (χ1n) is 5.70. The summed E-state index contributed by atoms with van der Waals surface area (Å²) in [6.45, 7) is 0.326. The smallest absolute Gasteiger partial charge is 0.264 e. The minimum atomic E-state index is -2.98. The van der Waals surface area contributed by atoms with Gasteiger partial charge in [-0.25, -0.2) is 13.2 Å². The van der Waals surface area contributed by atoms with E-state index in [0.717, 1.165) is 12.1 Å². The molecule has 2 atom stereocenters. The second-order valence-corrected chi connectivity index (χ2v) is 4.64. The van der Waals surface area contributed by atoms with Crippen molar-refractivity contribution < 1.29 is 27.4 Å². The summed E-state index contributed by atoms with van der Waals surface area (Å²) in [5.74, 6) is -0.426. The Morgan fingerprint density at radius 3 is 2.47 bits per heavy atom. The van der Waals surface area contributed by atoms with Crippen molar-refractivity contribution in [1.82, 2.24) is 0 Å². The molecule has 6 heteroatoms. The van der Waals surface area contributed by atoms with Gasteiger partial charge in [0.05, 0.1) is 13.8 Å². The van der Waals surface area contributed by atoms with Gasteiger partial charge in [0.1, 0.15) is 17.7 Å². The van der Waals surface area contributed by atoms with Gasteiger partial charge in [-0.3, -0.25) is 4.39 Å². The van der Waals surface area contributed by atoms with E-state index in [1.54, 1.807) is 0 Å². The number of rotatable bonds is 6. The van der Waals surface area contributed by atoms with E-state index >= 15 is 0 Å². The molecule has 1 aromatic rings. The fraction of sp³-hybridized carbons (Fsp3) is 0.538. The predicted octanol–water partition coefficient (Wildman–Crippen LogP) is 3.08. The molecule has 0 saturated carbocycles. The lowest BCUT2D eigenvalue weighted by molar-refractivity contribution is -0.0226. The van der Waals surface area contributed by atoms with Gasteiger partial charge in [0.25, 0.3) is 6.43 Å². The van der Waals surface area contributed by atoms with E-state index in [2.05, 4.69) is 0 Å². The number of benzene rings is 1. The zero-order valence-corrected chi connectivity index (χ0v) is 10.7. The first-order chi connectivity index (χ1) is 8.84. The highest BCUT2D eigenvalue weighted by molar-refractivity contribution is 5.40. The number of alkyl halides is 3. The van der Waals surface area contributed by atoms with Gasteiger partial charge >= 0.3 is 0 Å². The van der Waals surface area contributed by atoms with Gasteiger partial charge in [0.15, 0.2) is 0 Å². The van der Waals surface area contributed by atoms with Crippen molar-refractivity contribution in [2.24, 2.45) is 0 Å². The third-order valence-corrected chi connectivity index (χ3v) is 3.06. The van der Waals surface area contributed by atoms with E-state index in [0.29, 0.717) is 0 Å². The average molecular weight is 280 g/mol. The minimum Gasteiger partial charge on any atom is -0.496 e. The zero-order valence-electron chi connectivity index (χ0n) is 10.7. The number of methoxy groups -OCH3 is 1. The molecule has 0 aromatic heterocycles. The molecule has 2 unspecified atom stereocenters. The summed E-state index contributed by atoms with van der Waals surface area (Å²) in [6, 6.07) is 3.47. The largest absolute Gasteiger partial charge is 0.496 e. The van der Waals surface area contributed by atoms with E-state index in [1.165, 1.54) is 20.1 Å². The lowest BCUT2D eigenvalue weighted by atomic mass is 9.78. The van der Waals surface area contributed by atoms with Crippen molar-refractivity contribution in [1.29, 1.82) is 0 Å². The van der Waals surface area contributed by atoms with E-state index in [9.17, 15) is 22.7 Å². The average Bonchev–Trinajstić information content (AvgIpc) is 2.38. The Kier molecular flexibility index (Phi) is 5.17. The lowest BCUT2D eigenvalue weighted by Gasteiger charge is -2.30. The molecule has 0 fully saturated rings. The van der Waals surface area contributed by atoms with Crippen LogP contribution in [0.4, 0.5) is 17.6 Å². The summed E-state index contributed by atoms with van der Waals surface area (Å²) in [4.78, 5) is 0. The standard InChI is InChI=1S/C13H16F4O2/c1-13(7-14,6-10(18)12(16)17)9-5-8(15)3-4-11(9)19-2/h3-5,10,12,18H,6-7H2,1-2H3. The summed E-state index contributed by atoms with van der Waals surface area (Å²) in [5.41, 5.74) is -1.32. The zero-order chi connectivity index (χ0) is 14.6. The summed E-state index contributed by atoms with van der Waals surface area (Å²) in [7, 11) is 1.32. The van der Waals surface area contributed by atoms with E-state index in [-0.39, 0.29) is 11.3 Å². The number of aliphatic hydroxyl groups is 1. The van der Waals surface area contributed by atoms with E-state index in [4.69, 9.17) is 4.74 Å². The number of hydrogen-bond acceptors (Lipinski definition) is 2. The maximum absolute atomic E-state index is 13.3. The molecule has 2 nitrogen and oxygen atoms in total. The van der Waals surface area contributed by atoms with Crippen molar-refractivity contribution in [3.05, 3.63) is 29.6 Å². The SMILES string of the molecule is COc1ccc(F)cc1C(C)(CF)CC(O)C(F)F. The summed E-state index contributed by atoms with van der Waals surface area (Å²) < 4.78 is 56.3. The van der Waals surface area contributed by atoms with Gasteiger partial charge in [-0.1, -0.05) is 6.92 Å². The molecule has 0 aliphatic rings. The lowest BCUT2D eigenvalue weighted by Crippen LogP contribution is -2.33. The number of hydrogen-bond donors (Lipinski definition) is 1. The van der Waals surface area contributed by atoms with Gasteiger partial charge in [0.2, 0.25) is 0 Å². The highest BCUT2D eigenvalue weighted by atomic mass is 19.3. The molecular weight excluding hydrogens is 264 g/mol. The van der Waals surface area contributed by atoms with Crippen LogP contribution in [0.5, 0.6) is 5.75 Å². The number of ether oxygens (including phenoxy) is 1. The van der Waals surface area contributed by atoms with Crippen molar-refractivity contribution in [3.8, 4) is 5.75 Å². The molecule has 0 aliphatic carbocycles. The number of aliphatic hydroxyl groups excluding tert-OH is 1. The first kappa shape index (κ1) is 15.8. The quantitative estimate of drug-likeness (QED) is 0.811. The third-order valence-electron chi connectivity index (χ3n) is 3.06. The predicted molar refractivity (Wildman–Crippen MR) is 62.9 cm³/mol. The van der Waals surface area contributed by atoms with Crippen LogP contribution in [0.15, 0.2) is 18.2 Å². The molecular formula is C13H16F4O2. The highest BCUT2D eigenvalue weighted by Crippen LogP contribution is 2.37. The Morgan fingerprint density at radius 1 is 1.37 bits per heavy atom. The van der Waals surface area contributed by atoms with Crippen LogP contribution in [-0.2, 0) is 5.41 Å². The molecule has 0 radical (unpaired) electrons. The second kappa shape index (κ2) is 6.23. The Hall–Kier alpha value is -1.30. The topological polar surface area (TPSA) is 29.5 Å². The van der Waals surface area contributed by atoms with Crippen molar-refractivity contribution in [2.75, 3.05) is 13.8 Å². The molecule has 0 amide bonds. The molecule has 0 aliphatic heterocycles. The monoisotopic (exact) mass is 280 g/mol. The number of halogens is 4. The minimum absolute atomic E-state index is 0.122. The third kappa shape index (κ3) is 3.59. The van der Waals surface area contributed by atoms with Crippen LogP contribution >= 0.6 is 0 Å². The normalized spacial score (nSPS) is 16.2. The molecule has 108 valence electrons. The highest BCUT2D eigenvalue weighted by Gasteiger charge is 2.35. The van der Waals surface area contributed by atoms with E-state index < -0.39 is 36.9 Å². The van der Waals surface area contributed by atoms with Gasteiger partial charge in [-0.15, -0.1) is 0 Å². The van der Waals surface area contributed by atoms with Crippen LogP contribution in [0.1, 0.15) is 18.9 Å². The van der Waals surface area contributed by atoms with Crippen LogP contribution in [-0.4, -0.2) is 31.4 Å². The molecule has 0 spiro atoms. The summed E-state index contributed by atoms with van der Waals surface area (Å²) in [6.07, 6.45) is -5.49. The Bertz CT molecular complexity index is 425. The van der Waals surface area contributed by atoms with Gasteiger partial charge < -0.3 is 9.84 Å². The second-order valence-electron chi connectivity index (χ2n) is 4.64. The molecule has 0 bridgehead atoms. The van der Waals surface area contributed by atoms with Crippen molar-refractivity contribution >= 4 is 0 Å². The van der Waals surface area contributed by atoms with Crippen molar-refractivity contribution in [2.45, 2.75) is 31.3 Å². The fourth-order valence-corrected chi connectivity index (χ4v) is 1.94. The molecule has 0 saturated heterocycles. The van der Waals surface area contributed by atoms with Crippen LogP contribution in [0.2, 0.25) is 0 Å². The molecule has 0 heterocycles. The Morgan fingerprint density at radius 2 is 2.00 bits per heavy atom. The summed E-state index contributed by atoms with van der Waals surface area (Å²) in [5, 5.41) is 9.24. The first-order valence-corrected chi connectivity index (χ1v) is 5.70. The van der Waals surface area contributed by atoms with Crippen LogP contribution in [0, 0.1) is 5.82 Å². The Balaban J connectivity index is 3.17. The molecule has 1 N–H and O–H groups in total. The van der Waals surface area contributed by atoms with Crippen molar-refractivity contribution in [3.63, 3.8) is 0 Å². The summed E-state index contributed by atoms with van der Waals surface area (Å²) >= 11 is 0. The van der Waals surface area contributed by atoms with Crippen LogP contribution < -0.4 is 4.74 Å². The molecule has 1 aromatic carbocycles. The van der Waals surface area contributed by atoms with Gasteiger partial charge in [-0.2, -0.15) is 0 Å². The van der Waals surface area contributed by atoms with Crippen LogP contribution in [0.3, 0.4) is 0 Å². The molecule has 19 heavy (non-hydrogen) atoms. The van der Waals surface area contributed by atoms with Gasteiger partial charge in [-0.05, 0) is 24.6 Å².